The smallest absolute Gasteiger partial charge is 0.257 e. The Morgan fingerprint density at radius 3 is 2.62 bits per heavy atom. The average Bonchev–Trinajstić information content (AvgIpc) is 3.58. The molecule has 1 amide bonds. The Kier molecular flexibility index (Phi) is 5.26. The van der Waals surface area contributed by atoms with Crippen LogP contribution in [0.2, 0.25) is 0 Å². The molecule has 8 heteroatoms. The number of rotatable bonds is 5. The van der Waals surface area contributed by atoms with Crippen LogP contribution in [-0.4, -0.2) is 48.8 Å². The second-order valence-electron chi connectivity index (χ2n) is 7.99. The summed E-state index contributed by atoms with van der Waals surface area (Å²) in [4.78, 5) is 24.2. The van der Waals surface area contributed by atoms with Gasteiger partial charge in [-0.05, 0) is 25.5 Å². The van der Waals surface area contributed by atoms with Gasteiger partial charge in [0.2, 0.25) is 11.7 Å². The Morgan fingerprint density at radius 2 is 1.91 bits per heavy atom. The second kappa shape index (κ2) is 8.37. The molecule has 162 valence electrons. The Labute approximate surface area is 185 Å². The van der Waals surface area contributed by atoms with Crippen molar-refractivity contribution in [2.75, 3.05) is 13.1 Å². The van der Waals surface area contributed by atoms with E-state index in [4.69, 9.17) is 4.52 Å². The second-order valence-corrected chi connectivity index (χ2v) is 7.99. The molecule has 0 spiro atoms. The highest BCUT2D eigenvalue weighted by Crippen LogP contribution is 2.40. The third kappa shape index (κ3) is 3.57. The fourth-order valence-corrected chi connectivity index (χ4v) is 4.39. The molecule has 1 saturated heterocycles. The standard InChI is InChI=1S/C24H24N6O2/c1-3-30-16(2)19(13-26-30)24(31)29-14-20(18-10-7-11-25-12-18)21(15-29)23-27-22(28-32-23)17-8-5-4-6-9-17/h4-13,20-21H,3,14-15H2,1-2H3/t20-,21+/m0/s1. The fraction of sp³-hybridized carbons (Fsp3) is 0.292. The van der Waals surface area contributed by atoms with Crippen LogP contribution in [0.4, 0.5) is 0 Å². The van der Waals surface area contributed by atoms with Gasteiger partial charge < -0.3 is 9.42 Å². The van der Waals surface area contributed by atoms with Crippen molar-refractivity contribution in [2.24, 2.45) is 0 Å². The lowest BCUT2D eigenvalue weighted by Gasteiger charge is -2.16. The van der Waals surface area contributed by atoms with Crippen molar-refractivity contribution >= 4 is 5.91 Å². The van der Waals surface area contributed by atoms with Crippen LogP contribution in [0.1, 0.15) is 46.3 Å². The quantitative estimate of drug-likeness (QED) is 0.482. The lowest BCUT2D eigenvalue weighted by atomic mass is 9.90. The highest BCUT2D eigenvalue weighted by Gasteiger charge is 2.41. The predicted molar refractivity (Wildman–Crippen MR) is 118 cm³/mol. The molecule has 1 aromatic carbocycles. The Morgan fingerprint density at radius 1 is 1.09 bits per heavy atom. The fourth-order valence-electron chi connectivity index (χ4n) is 4.39. The van der Waals surface area contributed by atoms with Crippen LogP contribution in [0.15, 0.2) is 65.6 Å². The van der Waals surface area contributed by atoms with Gasteiger partial charge in [0, 0.05) is 49.2 Å². The highest BCUT2D eigenvalue weighted by atomic mass is 16.5. The van der Waals surface area contributed by atoms with Crippen LogP contribution < -0.4 is 0 Å². The molecule has 0 saturated carbocycles. The number of aryl methyl sites for hydroxylation is 1. The molecule has 0 radical (unpaired) electrons. The topological polar surface area (TPSA) is 89.9 Å². The molecule has 1 aliphatic heterocycles. The number of carbonyl (C=O) groups is 1. The summed E-state index contributed by atoms with van der Waals surface area (Å²) in [6.45, 7) is 5.71. The summed E-state index contributed by atoms with van der Waals surface area (Å²) < 4.78 is 7.53. The van der Waals surface area contributed by atoms with Gasteiger partial charge in [0.15, 0.2) is 0 Å². The van der Waals surface area contributed by atoms with Gasteiger partial charge in [-0.25, -0.2) is 0 Å². The Balaban J connectivity index is 1.47. The number of amides is 1. The number of aromatic nitrogens is 5. The maximum absolute atomic E-state index is 13.4. The summed E-state index contributed by atoms with van der Waals surface area (Å²) in [6.07, 6.45) is 5.26. The van der Waals surface area contributed by atoms with Crippen LogP contribution in [-0.2, 0) is 6.54 Å². The molecule has 0 unspecified atom stereocenters. The first-order valence-corrected chi connectivity index (χ1v) is 10.8. The number of nitrogens with zero attached hydrogens (tertiary/aromatic N) is 6. The molecule has 32 heavy (non-hydrogen) atoms. The molecule has 8 nitrogen and oxygen atoms in total. The monoisotopic (exact) mass is 428 g/mol. The van der Waals surface area contributed by atoms with E-state index in [1.54, 1.807) is 12.4 Å². The van der Waals surface area contributed by atoms with E-state index in [9.17, 15) is 4.79 Å². The van der Waals surface area contributed by atoms with Crippen molar-refractivity contribution in [3.05, 3.63) is 83.8 Å². The summed E-state index contributed by atoms with van der Waals surface area (Å²) in [7, 11) is 0. The molecule has 2 atom stereocenters. The van der Waals surface area contributed by atoms with Crippen LogP contribution in [0, 0.1) is 6.92 Å². The molecular formula is C24H24N6O2. The molecule has 5 rings (SSSR count). The Hall–Kier alpha value is -3.81. The Bertz CT molecular complexity index is 1220. The number of pyridine rings is 1. The van der Waals surface area contributed by atoms with Gasteiger partial charge in [-0.15, -0.1) is 0 Å². The minimum Gasteiger partial charge on any atom is -0.339 e. The first-order valence-electron chi connectivity index (χ1n) is 10.8. The van der Waals surface area contributed by atoms with Gasteiger partial charge in [-0.2, -0.15) is 10.1 Å². The first-order chi connectivity index (χ1) is 15.7. The van der Waals surface area contributed by atoms with Crippen LogP contribution in [0.25, 0.3) is 11.4 Å². The zero-order chi connectivity index (χ0) is 22.1. The zero-order valence-corrected chi connectivity index (χ0v) is 18.0. The molecule has 0 bridgehead atoms. The van der Waals surface area contributed by atoms with Crippen molar-refractivity contribution in [2.45, 2.75) is 32.2 Å². The largest absolute Gasteiger partial charge is 0.339 e. The van der Waals surface area contributed by atoms with E-state index in [1.807, 2.05) is 72.1 Å². The van der Waals surface area contributed by atoms with E-state index in [0.717, 1.165) is 23.4 Å². The molecule has 4 heterocycles. The average molecular weight is 428 g/mol. The highest BCUT2D eigenvalue weighted by molar-refractivity contribution is 5.95. The van der Waals surface area contributed by atoms with Gasteiger partial charge in [0.05, 0.1) is 17.7 Å². The third-order valence-corrected chi connectivity index (χ3v) is 6.14. The normalized spacial score (nSPS) is 18.2. The summed E-state index contributed by atoms with van der Waals surface area (Å²) in [5.41, 5.74) is 3.46. The number of hydrogen-bond donors (Lipinski definition) is 0. The predicted octanol–water partition coefficient (Wildman–Crippen LogP) is 3.68. The summed E-state index contributed by atoms with van der Waals surface area (Å²) in [5.74, 6) is 0.957. The van der Waals surface area contributed by atoms with E-state index in [1.165, 1.54) is 0 Å². The van der Waals surface area contributed by atoms with Crippen molar-refractivity contribution < 1.29 is 9.32 Å². The number of benzene rings is 1. The summed E-state index contributed by atoms with van der Waals surface area (Å²) >= 11 is 0. The van der Waals surface area contributed by atoms with Crippen LogP contribution in [0.3, 0.4) is 0 Å². The van der Waals surface area contributed by atoms with Crippen molar-refractivity contribution in [1.82, 2.24) is 29.8 Å². The van der Waals surface area contributed by atoms with Gasteiger partial charge in [-0.3, -0.25) is 14.5 Å². The van der Waals surface area contributed by atoms with Crippen LogP contribution >= 0.6 is 0 Å². The minimum atomic E-state index is -0.116. The van der Waals surface area contributed by atoms with E-state index < -0.39 is 0 Å². The van der Waals surface area contributed by atoms with Crippen molar-refractivity contribution in [3.63, 3.8) is 0 Å². The van der Waals surface area contributed by atoms with Gasteiger partial charge >= 0.3 is 0 Å². The van der Waals surface area contributed by atoms with Gasteiger partial charge in [-0.1, -0.05) is 41.6 Å². The maximum Gasteiger partial charge on any atom is 0.257 e. The van der Waals surface area contributed by atoms with Gasteiger partial charge in [0.25, 0.3) is 5.91 Å². The van der Waals surface area contributed by atoms with E-state index >= 15 is 0 Å². The maximum atomic E-state index is 13.4. The molecule has 1 fully saturated rings. The van der Waals surface area contributed by atoms with Gasteiger partial charge in [0.1, 0.15) is 0 Å². The molecule has 3 aromatic heterocycles. The van der Waals surface area contributed by atoms with E-state index in [0.29, 0.717) is 30.4 Å². The minimum absolute atomic E-state index is 0.0123. The molecule has 4 aromatic rings. The molecular weight excluding hydrogens is 404 g/mol. The van der Waals surface area contributed by atoms with Crippen molar-refractivity contribution in [3.8, 4) is 11.4 Å². The lowest BCUT2D eigenvalue weighted by molar-refractivity contribution is 0.0787. The number of carbonyl (C=O) groups excluding carboxylic acids is 1. The SMILES string of the molecule is CCn1ncc(C(=O)N2C[C@@H](c3cccnc3)[C@H](c3nc(-c4ccccc4)no3)C2)c1C. The zero-order valence-electron chi connectivity index (χ0n) is 18.0. The lowest BCUT2D eigenvalue weighted by Crippen LogP contribution is -2.29. The molecule has 0 aliphatic carbocycles. The summed E-state index contributed by atoms with van der Waals surface area (Å²) in [5, 5.41) is 8.53. The number of likely N-dealkylation sites (tertiary alicyclic amines) is 1. The first kappa shape index (κ1) is 20.1. The summed E-state index contributed by atoms with van der Waals surface area (Å²) in [6, 6.07) is 13.7. The molecule has 1 aliphatic rings. The van der Waals surface area contributed by atoms with E-state index in [2.05, 4.69) is 20.2 Å². The number of hydrogen-bond acceptors (Lipinski definition) is 6. The third-order valence-electron chi connectivity index (χ3n) is 6.14. The van der Waals surface area contributed by atoms with Crippen LogP contribution in [0.5, 0.6) is 0 Å². The van der Waals surface area contributed by atoms with E-state index in [-0.39, 0.29) is 17.7 Å². The van der Waals surface area contributed by atoms with Crippen molar-refractivity contribution in [1.29, 1.82) is 0 Å². The molecule has 0 N–H and O–H groups in total.